The molecule has 0 aliphatic carbocycles. The Morgan fingerprint density at radius 3 is 2.22 bits per heavy atom. The number of benzene rings is 4. The molecule has 4 aromatic rings. The molecular weight excluding hydrogens is 450 g/mol. The lowest BCUT2D eigenvalue weighted by molar-refractivity contribution is -0.135. The first kappa shape index (κ1) is 23.3. The maximum Gasteiger partial charge on any atom is 0.325 e. The van der Waals surface area contributed by atoms with Crippen molar-refractivity contribution >= 4 is 28.6 Å². The third-order valence-corrected chi connectivity index (χ3v) is 6.72. The van der Waals surface area contributed by atoms with Gasteiger partial charge in [-0.15, -0.1) is 0 Å². The number of carbonyl (C=O) groups excluding carboxylic acids is 3. The molecule has 2 atom stereocenters. The van der Waals surface area contributed by atoms with Crippen molar-refractivity contribution in [3.63, 3.8) is 0 Å². The molecule has 2 N–H and O–H groups in total. The van der Waals surface area contributed by atoms with Gasteiger partial charge in [0.1, 0.15) is 12.1 Å². The van der Waals surface area contributed by atoms with E-state index in [1.54, 1.807) is 6.92 Å². The van der Waals surface area contributed by atoms with Crippen molar-refractivity contribution in [1.82, 2.24) is 15.5 Å². The van der Waals surface area contributed by atoms with Gasteiger partial charge in [-0.05, 0) is 46.9 Å². The summed E-state index contributed by atoms with van der Waals surface area (Å²) in [6.45, 7) is 1.32. The van der Waals surface area contributed by atoms with Crippen LogP contribution >= 0.6 is 0 Å². The lowest BCUT2D eigenvalue weighted by Gasteiger charge is -2.23. The smallest absolute Gasteiger partial charge is 0.325 e. The second-order valence-electron chi connectivity index (χ2n) is 9.23. The first-order valence-corrected chi connectivity index (χ1v) is 12.0. The molecule has 6 nitrogen and oxygen atoms in total. The molecule has 0 bridgehead atoms. The van der Waals surface area contributed by atoms with Gasteiger partial charge in [-0.25, -0.2) is 4.79 Å². The Labute approximate surface area is 209 Å². The van der Waals surface area contributed by atoms with E-state index in [9.17, 15) is 14.4 Å². The Morgan fingerprint density at radius 2 is 1.50 bits per heavy atom. The minimum atomic E-state index is -1.25. The number of hydrogen-bond donors (Lipinski definition) is 2. The number of rotatable bonds is 7. The van der Waals surface area contributed by atoms with Crippen LogP contribution in [-0.2, 0) is 21.5 Å². The highest BCUT2D eigenvalue weighted by Gasteiger charge is 2.49. The first-order valence-electron chi connectivity index (χ1n) is 12.0. The molecule has 0 aromatic heterocycles. The largest absolute Gasteiger partial charge is 0.347 e. The van der Waals surface area contributed by atoms with Crippen LogP contribution in [-0.4, -0.2) is 29.3 Å². The fraction of sp³-hybridized carbons (Fsp3) is 0.167. The molecule has 4 aromatic carbocycles. The molecule has 0 spiro atoms. The summed E-state index contributed by atoms with van der Waals surface area (Å²) in [7, 11) is 0. The fourth-order valence-corrected chi connectivity index (χ4v) is 4.71. The van der Waals surface area contributed by atoms with Crippen molar-refractivity contribution in [3.05, 3.63) is 120 Å². The summed E-state index contributed by atoms with van der Waals surface area (Å²) >= 11 is 0. The second kappa shape index (κ2) is 9.66. The Balaban J connectivity index is 1.34. The molecule has 1 aliphatic heterocycles. The molecule has 180 valence electrons. The van der Waals surface area contributed by atoms with Gasteiger partial charge in [-0.3, -0.25) is 14.5 Å². The van der Waals surface area contributed by atoms with Gasteiger partial charge in [0.05, 0.1) is 6.04 Å². The number of carbonyl (C=O) groups is 3. The molecule has 0 unspecified atom stereocenters. The summed E-state index contributed by atoms with van der Waals surface area (Å²) in [6.07, 6.45) is 0.589. The van der Waals surface area contributed by atoms with Crippen LogP contribution in [0.5, 0.6) is 0 Å². The topological polar surface area (TPSA) is 78.5 Å². The van der Waals surface area contributed by atoms with E-state index in [-0.39, 0.29) is 12.6 Å². The van der Waals surface area contributed by atoms with Crippen LogP contribution in [0.1, 0.15) is 29.7 Å². The zero-order valence-corrected chi connectivity index (χ0v) is 20.0. The predicted molar refractivity (Wildman–Crippen MR) is 139 cm³/mol. The van der Waals surface area contributed by atoms with E-state index < -0.39 is 23.4 Å². The normalized spacial score (nSPS) is 18.2. The molecular formula is C30H27N3O3. The molecule has 1 fully saturated rings. The Hall–Kier alpha value is -4.45. The summed E-state index contributed by atoms with van der Waals surface area (Å²) in [6, 6.07) is 32.2. The molecule has 0 radical (unpaired) electrons. The molecule has 36 heavy (non-hydrogen) atoms. The van der Waals surface area contributed by atoms with E-state index in [1.165, 1.54) is 0 Å². The monoisotopic (exact) mass is 477 g/mol. The molecule has 1 saturated heterocycles. The van der Waals surface area contributed by atoms with Gasteiger partial charge in [0, 0.05) is 0 Å². The average Bonchev–Trinajstić information content (AvgIpc) is 3.12. The highest BCUT2D eigenvalue weighted by molar-refractivity contribution is 6.09. The lowest BCUT2D eigenvalue weighted by atomic mass is 9.90. The number of imide groups is 1. The van der Waals surface area contributed by atoms with Gasteiger partial charge in [-0.2, -0.15) is 0 Å². The minimum Gasteiger partial charge on any atom is -0.347 e. The molecule has 1 heterocycles. The number of nitrogens with zero attached hydrogens (tertiary/aromatic N) is 1. The molecule has 6 heteroatoms. The summed E-state index contributed by atoms with van der Waals surface area (Å²) in [4.78, 5) is 40.3. The lowest BCUT2D eigenvalue weighted by Crippen LogP contribution is -2.44. The third kappa shape index (κ3) is 4.58. The fourth-order valence-electron chi connectivity index (χ4n) is 4.71. The van der Waals surface area contributed by atoms with E-state index in [1.807, 2.05) is 103 Å². The van der Waals surface area contributed by atoms with E-state index in [0.29, 0.717) is 12.0 Å². The molecule has 4 amide bonds. The summed E-state index contributed by atoms with van der Waals surface area (Å²) in [5.74, 6) is -0.844. The third-order valence-electron chi connectivity index (χ3n) is 6.72. The van der Waals surface area contributed by atoms with Crippen LogP contribution in [0.3, 0.4) is 0 Å². The first-order chi connectivity index (χ1) is 17.4. The van der Waals surface area contributed by atoms with Crippen LogP contribution in [0.2, 0.25) is 0 Å². The highest BCUT2D eigenvalue weighted by Crippen LogP contribution is 2.31. The van der Waals surface area contributed by atoms with Crippen molar-refractivity contribution < 1.29 is 14.4 Å². The highest BCUT2D eigenvalue weighted by atomic mass is 16.2. The summed E-state index contributed by atoms with van der Waals surface area (Å²) in [5.41, 5.74) is 1.46. The maximum absolute atomic E-state index is 13.4. The van der Waals surface area contributed by atoms with Crippen molar-refractivity contribution in [2.24, 2.45) is 0 Å². The zero-order chi connectivity index (χ0) is 25.1. The van der Waals surface area contributed by atoms with E-state index in [0.717, 1.165) is 26.8 Å². The number of nitrogens with one attached hydrogen (secondary N) is 2. The number of fused-ring (bicyclic) bond motifs is 1. The Morgan fingerprint density at radius 1 is 0.861 bits per heavy atom. The standard InChI is InChI=1S/C30H27N3O3/c1-30(25-17-16-22-12-8-9-15-24(22)19-25)28(35)33(29(36)32-30)20-27(34)31-26(23-13-6-3-7-14-23)18-21-10-4-2-5-11-21/h2-17,19,26H,18,20H2,1H3,(H,31,34)(H,32,36)/t26-,30+/m1/s1. The molecule has 0 saturated carbocycles. The number of hydrogen-bond acceptors (Lipinski definition) is 3. The summed E-state index contributed by atoms with van der Waals surface area (Å²) in [5, 5.41) is 7.84. The minimum absolute atomic E-state index is 0.297. The Kier molecular flexibility index (Phi) is 6.25. The van der Waals surface area contributed by atoms with Crippen molar-refractivity contribution in [1.29, 1.82) is 0 Å². The number of amides is 4. The summed E-state index contributed by atoms with van der Waals surface area (Å²) < 4.78 is 0. The van der Waals surface area contributed by atoms with Gasteiger partial charge in [0.15, 0.2) is 0 Å². The van der Waals surface area contributed by atoms with Crippen LogP contribution in [0, 0.1) is 0 Å². The predicted octanol–water partition coefficient (Wildman–Crippen LogP) is 4.71. The number of urea groups is 1. The van der Waals surface area contributed by atoms with Crippen LogP contribution in [0.25, 0.3) is 10.8 Å². The van der Waals surface area contributed by atoms with Gasteiger partial charge in [-0.1, -0.05) is 97.1 Å². The van der Waals surface area contributed by atoms with Crippen molar-refractivity contribution in [2.75, 3.05) is 6.54 Å². The van der Waals surface area contributed by atoms with E-state index >= 15 is 0 Å². The maximum atomic E-state index is 13.4. The quantitative estimate of drug-likeness (QED) is 0.379. The zero-order valence-electron chi connectivity index (χ0n) is 20.0. The van der Waals surface area contributed by atoms with E-state index in [4.69, 9.17) is 0 Å². The van der Waals surface area contributed by atoms with Crippen LogP contribution < -0.4 is 10.6 Å². The van der Waals surface area contributed by atoms with Gasteiger partial charge < -0.3 is 10.6 Å². The van der Waals surface area contributed by atoms with E-state index in [2.05, 4.69) is 10.6 Å². The second-order valence-corrected chi connectivity index (χ2v) is 9.23. The average molecular weight is 478 g/mol. The molecule has 1 aliphatic rings. The van der Waals surface area contributed by atoms with Gasteiger partial charge in [0.25, 0.3) is 5.91 Å². The van der Waals surface area contributed by atoms with Crippen LogP contribution in [0.4, 0.5) is 4.79 Å². The van der Waals surface area contributed by atoms with Crippen LogP contribution in [0.15, 0.2) is 103 Å². The molecule has 5 rings (SSSR count). The Bertz CT molecular complexity index is 1420. The van der Waals surface area contributed by atoms with Gasteiger partial charge >= 0.3 is 6.03 Å². The van der Waals surface area contributed by atoms with Crippen molar-refractivity contribution in [2.45, 2.75) is 24.9 Å². The van der Waals surface area contributed by atoms with Crippen molar-refractivity contribution in [3.8, 4) is 0 Å². The van der Waals surface area contributed by atoms with Gasteiger partial charge in [0.2, 0.25) is 5.91 Å². The SMILES string of the molecule is C[C@@]1(c2ccc3ccccc3c2)NC(=O)N(CC(=O)N[C@H](Cc2ccccc2)c2ccccc2)C1=O.